The van der Waals surface area contributed by atoms with Crippen LogP contribution in [-0.2, 0) is 34.2 Å². The van der Waals surface area contributed by atoms with Gasteiger partial charge in [-0.3, -0.25) is 0 Å². The molecule has 41 heavy (non-hydrogen) atoms. The molecule has 5 aromatic rings. The minimum Gasteiger partial charge on any atom is -0.374 e. The summed E-state index contributed by atoms with van der Waals surface area (Å²) in [4.78, 5) is 0. The van der Waals surface area contributed by atoms with E-state index < -0.39 is 0 Å². The van der Waals surface area contributed by atoms with Crippen LogP contribution in [0.4, 0.5) is 0 Å². The Morgan fingerprint density at radius 2 is 1.07 bits per heavy atom. The summed E-state index contributed by atoms with van der Waals surface area (Å²) >= 11 is 3.74. The predicted molar refractivity (Wildman–Crippen MR) is 165 cm³/mol. The van der Waals surface area contributed by atoms with Crippen LogP contribution in [0.25, 0.3) is 22.5 Å². The number of hydrogen-bond acceptors (Lipinski definition) is 4. The van der Waals surface area contributed by atoms with Crippen LogP contribution in [0.5, 0.6) is 0 Å². The van der Waals surface area contributed by atoms with E-state index >= 15 is 0 Å². The third-order valence-electron chi connectivity index (χ3n) is 6.68. The van der Waals surface area contributed by atoms with E-state index in [4.69, 9.17) is 14.2 Å². The van der Waals surface area contributed by atoms with E-state index in [1.54, 1.807) is 0 Å². The molecule has 0 aliphatic heterocycles. The molecule has 4 aromatic carbocycles. The molecule has 6 heteroatoms. The fourth-order valence-electron chi connectivity index (χ4n) is 4.68. The minimum atomic E-state index is -0.332. The summed E-state index contributed by atoms with van der Waals surface area (Å²) in [5.74, 6) is 0. The Kier molecular flexibility index (Phi) is 10.2. The third kappa shape index (κ3) is 7.40. The number of nitrogens with zero attached hydrogens (tertiary/aromatic N) is 2. The minimum absolute atomic E-state index is 0.211. The highest BCUT2D eigenvalue weighted by Crippen LogP contribution is 2.40. The van der Waals surface area contributed by atoms with Gasteiger partial charge in [0.2, 0.25) is 0 Å². The summed E-state index contributed by atoms with van der Waals surface area (Å²) in [6, 6.07) is 42.6. The fraction of sp³-hybridized carbons (Fsp3) is 0.171. The molecule has 206 valence electrons. The largest absolute Gasteiger partial charge is 0.374 e. The van der Waals surface area contributed by atoms with Gasteiger partial charge in [0.1, 0.15) is 18.9 Å². The van der Waals surface area contributed by atoms with Crippen molar-refractivity contribution < 1.29 is 14.2 Å². The Morgan fingerprint density at radius 3 is 1.54 bits per heavy atom. The SMILES string of the molecule is N#Cc1c(Br)c(-c2ccccc2)n(COC(COCc2ccccc2)COCc2ccccc2)c1-c1ccccc1. The van der Waals surface area contributed by atoms with Crippen LogP contribution in [0.3, 0.4) is 0 Å². The van der Waals surface area contributed by atoms with Crippen molar-refractivity contribution in [3.63, 3.8) is 0 Å². The van der Waals surface area contributed by atoms with Gasteiger partial charge in [-0.1, -0.05) is 121 Å². The van der Waals surface area contributed by atoms with E-state index in [9.17, 15) is 5.26 Å². The van der Waals surface area contributed by atoms with Gasteiger partial charge < -0.3 is 18.8 Å². The zero-order valence-electron chi connectivity index (χ0n) is 22.7. The number of ether oxygens (including phenoxy) is 3. The summed E-state index contributed by atoms with van der Waals surface area (Å²) < 4.78 is 21.5. The molecule has 1 aromatic heterocycles. The van der Waals surface area contributed by atoms with Crippen molar-refractivity contribution >= 4 is 15.9 Å². The summed E-state index contributed by atoms with van der Waals surface area (Å²) in [5, 5.41) is 10.2. The van der Waals surface area contributed by atoms with Crippen LogP contribution in [0.1, 0.15) is 16.7 Å². The van der Waals surface area contributed by atoms with Gasteiger partial charge in [0.15, 0.2) is 0 Å². The number of aromatic nitrogens is 1. The average Bonchev–Trinajstić information content (AvgIpc) is 3.32. The van der Waals surface area contributed by atoms with E-state index in [2.05, 4.69) is 26.6 Å². The van der Waals surface area contributed by atoms with Gasteiger partial charge in [0, 0.05) is 0 Å². The molecule has 1 heterocycles. The summed E-state index contributed by atoms with van der Waals surface area (Å²) in [6.07, 6.45) is -0.332. The molecule has 0 fully saturated rings. The summed E-state index contributed by atoms with van der Waals surface area (Å²) in [5.41, 5.74) is 6.37. The van der Waals surface area contributed by atoms with E-state index in [-0.39, 0.29) is 12.8 Å². The second-order valence-electron chi connectivity index (χ2n) is 9.58. The molecule has 5 rings (SSSR count). The van der Waals surface area contributed by atoms with Gasteiger partial charge in [-0.2, -0.15) is 5.26 Å². The number of benzene rings is 4. The molecule has 0 radical (unpaired) electrons. The molecule has 0 aliphatic carbocycles. The highest BCUT2D eigenvalue weighted by atomic mass is 79.9. The number of nitriles is 1. The van der Waals surface area contributed by atoms with E-state index in [0.29, 0.717) is 32.0 Å². The van der Waals surface area contributed by atoms with Crippen LogP contribution in [0.15, 0.2) is 126 Å². The maximum Gasteiger partial charge on any atom is 0.124 e. The molecule has 0 bridgehead atoms. The molecular formula is C35H31BrN2O3. The standard InChI is InChI=1S/C35H31BrN2O3/c36-33-32(21-37)34(29-17-9-3-10-18-29)38(35(33)30-19-11-4-12-20-30)26-41-31(24-39-22-27-13-5-1-6-14-27)25-40-23-28-15-7-2-8-16-28/h1-20,31H,22-26H2. The van der Waals surface area contributed by atoms with Crippen LogP contribution in [-0.4, -0.2) is 23.9 Å². The van der Waals surface area contributed by atoms with Crippen molar-refractivity contribution in [1.82, 2.24) is 4.57 Å². The molecule has 5 nitrogen and oxygen atoms in total. The first-order chi connectivity index (χ1) is 20.2. The number of rotatable bonds is 13. The monoisotopic (exact) mass is 606 g/mol. The second-order valence-corrected chi connectivity index (χ2v) is 10.4. The Labute approximate surface area is 249 Å². The third-order valence-corrected chi connectivity index (χ3v) is 7.45. The Morgan fingerprint density at radius 1 is 0.634 bits per heavy atom. The first kappa shape index (κ1) is 28.5. The Hall–Kier alpha value is -3.99. The average molecular weight is 608 g/mol. The topological polar surface area (TPSA) is 56.4 Å². The Balaban J connectivity index is 1.41. The zero-order chi connectivity index (χ0) is 28.3. The molecule has 0 unspecified atom stereocenters. The van der Waals surface area contributed by atoms with Gasteiger partial charge in [0.05, 0.1) is 47.9 Å². The van der Waals surface area contributed by atoms with Crippen molar-refractivity contribution in [3.05, 3.63) is 142 Å². The molecular weight excluding hydrogens is 576 g/mol. The van der Waals surface area contributed by atoms with Crippen molar-refractivity contribution in [2.75, 3.05) is 13.2 Å². The lowest BCUT2D eigenvalue weighted by Crippen LogP contribution is -2.27. The molecule has 0 saturated carbocycles. The zero-order valence-corrected chi connectivity index (χ0v) is 24.2. The van der Waals surface area contributed by atoms with Gasteiger partial charge in [-0.05, 0) is 38.2 Å². The molecule has 0 aliphatic rings. The van der Waals surface area contributed by atoms with Crippen molar-refractivity contribution in [3.8, 4) is 28.6 Å². The normalized spacial score (nSPS) is 11.0. The maximum atomic E-state index is 10.2. The second kappa shape index (κ2) is 14.6. The van der Waals surface area contributed by atoms with Crippen LogP contribution < -0.4 is 0 Å². The van der Waals surface area contributed by atoms with E-state index in [1.165, 1.54) is 0 Å². The lowest BCUT2D eigenvalue weighted by molar-refractivity contribution is -0.0866. The van der Waals surface area contributed by atoms with Crippen LogP contribution >= 0.6 is 15.9 Å². The predicted octanol–water partition coefficient (Wildman–Crippen LogP) is 8.23. The van der Waals surface area contributed by atoms with E-state index in [1.807, 2.05) is 121 Å². The van der Waals surface area contributed by atoms with Crippen LogP contribution in [0, 0.1) is 11.3 Å². The number of halogens is 1. The maximum absolute atomic E-state index is 10.2. The van der Waals surface area contributed by atoms with Gasteiger partial charge >= 0.3 is 0 Å². The molecule has 0 saturated heterocycles. The van der Waals surface area contributed by atoms with Gasteiger partial charge in [0.25, 0.3) is 0 Å². The van der Waals surface area contributed by atoms with Crippen molar-refractivity contribution in [2.45, 2.75) is 26.0 Å². The van der Waals surface area contributed by atoms with E-state index in [0.717, 1.165) is 38.1 Å². The highest BCUT2D eigenvalue weighted by molar-refractivity contribution is 9.10. The molecule has 0 spiro atoms. The summed E-state index contributed by atoms with van der Waals surface area (Å²) in [7, 11) is 0. The molecule has 0 amide bonds. The van der Waals surface area contributed by atoms with Crippen LogP contribution in [0.2, 0.25) is 0 Å². The van der Waals surface area contributed by atoms with Crippen molar-refractivity contribution in [2.24, 2.45) is 0 Å². The fourth-order valence-corrected chi connectivity index (χ4v) is 5.40. The molecule has 0 atom stereocenters. The Bertz CT molecular complexity index is 1500. The first-order valence-corrected chi connectivity index (χ1v) is 14.3. The summed E-state index contributed by atoms with van der Waals surface area (Å²) in [6.45, 7) is 1.90. The smallest absolute Gasteiger partial charge is 0.124 e. The number of hydrogen-bond donors (Lipinski definition) is 0. The first-order valence-electron chi connectivity index (χ1n) is 13.5. The lowest BCUT2D eigenvalue weighted by atomic mass is 10.1. The highest BCUT2D eigenvalue weighted by Gasteiger charge is 2.24. The molecule has 0 N–H and O–H groups in total. The van der Waals surface area contributed by atoms with Gasteiger partial charge in [-0.25, -0.2) is 0 Å². The quantitative estimate of drug-likeness (QED) is 0.135. The van der Waals surface area contributed by atoms with Crippen molar-refractivity contribution in [1.29, 1.82) is 5.26 Å². The lowest BCUT2D eigenvalue weighted by Gasteiger charge is -2.21. The van der Waals surface area contributed by atoms with Gasteiger partial charge in [-0.15, -0.1) is 0 Å².